The van der Waals surface area contributed by atoms with Crippen molar-refractivity contribution in [1.29, 1.82) is 0 Å². The average Bonchev–Trinajstić information content (AvgIpc) is 3.05. The van der Waals surface area contributed by atoms with Crippen molar-refractivity contribution in [3.05, 3.63) is 65.7 Å². The normalized spacial score (nSPS) is 16.3. The molecule has 0 aliphatic heterocycles. The highest BCUT2D eigenvalue weighted by atomic mass is 32.2. The number of carbonyl (C=O) groups excluding carboxylic acids is 3. The van der Waals surface area contributed by atoms with E-state index >= 15 is 0 Å². The standard InChI is InChI=1S/C28H46N4O4.C7H8O3S/c1-20(2)18-23(26(34)31-30)25(27(35)32-36)28(24(33)14-9-17-29,19-22-12-7-4-8-13-22)16-15-21-10-5-3-6-11-21;1-6-2-4-7(5-3-6)11(8,9)10/h4,7-8,12-13,20-21,23,25,36H,3,5-6,9-11,14-19,29-30H2,1-2H3,(H,31,34)(H,32,35);2-5H,1H3,(H,8,9,10)/t23-,25-,28?;/m1./s1. The predicted octanol–water partition coefficient (Wildman–Crippen LogP) is 4.90. The molecule has 2 aromatic rings. The fourth-order valence-corrected chi connectivity index (χ4v) is 7.26. The van der Waals surface area contributed by atoms with Crippen LogP contribution in [0.15, 0.2) is 59.5 Å². The zero-order valence-electron chi connectivity index (χ0n) is 28.0. The van der Waals surface area contributed by atoms with Gasteiger partial charge >= 0.3 is 0 Å². The number of nitrogens with one attached hydrogen (secondary N) is 2. The lowest BCUT2D eigenvalue weighted by Gasteiger charge is -2.43. The van der Waals surface area contributed by atoms with Gasteiger partial charge < -0.3 is 5.73 Å². The highest BCUT2D eigenvalue weighted by Gasteiger charge is 2.53. The molecule has 0 bridgehead atoms. The number of benzene rings is 2. The summed E-state index contributed by atoms with van der Waals surface area (Å²) < 4.78 is 29.6. The SMILES string of the molecule is CC(C)C[C@@H](C(=O)NN)[C@H](C(=O)NO)C(CCC1CCCCC1)(Cc1ccccc1)C(=O)CCCN.Cc1ccc(S(=O)(=O)O)cc1. The van der Waals surface area contributed by atoms with Gasteiger partial charge in [0, 0.05) is 11.8 Å². The Morgan fingerprint density at radius 3 is 2.11 bits per heavy atom. The quantitative estimate of drug-likeness (QED) is 0.0471. The monoisotopic (exact) mass is 674 g/mol. The molecule has 1 aliphatic rings. The molecule has 2 aromatic carbocycles. The molecule has 11 nitrogen and oxygen atoms in total. The maximum absolute atomic E-state index is 14.2. The highest BCUT2D eigenvalue weighted by molar-refractivity contribution is 7.85. The number of hydroxylamine groups is 1. The third-order valence-corrected chi connectivity index (χ3v) is 10.0. The van der Waals surface area contributed by atoms with Crippen LogP contribution in [0, 0.1) is 36.0 Å². The zero-order chi connectivity index (χ0) is 35.0. The van der Waals surface area contributed by atoms with E-state index in [1.807, 2.05) is 51.1 Å². The summed E-state index contributed by atoms with van der Waals surface area (Å²) in [5, 5.41) is 9.85. The minimum Gasteiger partial charge on any atom is -0.330 e. The second kappa shape index (κ2) is 19.6. The molecule has 1 aliphatic carbocycles. The van der Waals surface area contributed by atoms with E-state index in [0.29, 0.717) is 38.1 Å². The van der Waals surface area contributed by atoms with E-state index < -0.39 is 39.2 Å². The van der Waals surface area contributed by atoms with Gasteiger partial charge in [-0.15, -0.1) is 0 Å². The lowest BCUT2D eigenvalue weighted by atomic mass is 9.58. The van der Waals surface area contributed by atoms with Gasteiger partial charge in [0.05, 0.1) is 16.7 Å². The van der Waals surface area contributed by atoms with E-state index in [9.17, 15) is 28.0 Å². The lowest BCUT2D eigenvalue weighted by Crippen LogP contribution is -2.55. The summed E-state index contributed by atoms with van der Waals surface area (Å²) in [5.74, 6) is 2.85. The third-order valence-electron chi connectivity index (χ3n) is 9.16. The van der Waals surface area contributed by atoms with Crippen LogP contribution in [-0.4, -0.2) is 42.3 Å². The van der Waals surface area contributed by atoms with Gasteiger partial charge in [0.15, 0.2) is 0 Å². The second-order valence-corrected chi connectivity index (χ2v) is 14.6. The van der Waals surface area contributed by atoms with Crippen LogP contribution in [0.5, 0.6) is 0 Å². The van der Waals surface area contributed by atoms with Gasteiger partial charge in [0.1, 0.15) is 5.78 Å². The Morgan fingerprint density at radius 1 is 0.979 bits per heavy atom. The van der Waals surface area contributed by atoms with E-state index in [4.69, 9.17) is 16.1 Å². The molecule has 0 spiro atoms. The van der Waals surface area contributed by atoms with Crippen LogP contribution in [0.4, 0.5) is 0 Å². The maximum atomic E-state index is 14.2. The predicted molar refractivity (Wildman–Crippen MR) is 181 cm³/mol. The third kappa shape index (κ3) is 12.4. The van der Waals surface area contributed by atoms with E-state index in [1.165, 1.54) is 31.4 Å². The van der Waals surface area contributed by atoms with Gasteiger partial charge in [0.2, 0.25) is 11.8 Å². The fraction of sp³-hybridized carbons (Fsp3) is 0.571. The number of hydrogen-bond donors (Lipinski definition) is 6. The first-order chi connectivity index (χ1) is 22.3. The van der Waals surface area contributed by atoms with Crippen molar-refractivity contribution >= 4 is 27.7 Å². The molecule has 47 heavy (non-hydrogen) atoms. The molecule has 8 N–H and O–H groups in total. The molecule has 0 radical (unpaired) electrons. The first kappa shape index (κ1) is 40.0. The fourth-order valence-electron chi connectivity index (χ4n) is 6.78. The molecular weight excluding hydrogens is 620 g/mol. The molecule has 1 fully saturated rings. The van der Waals surface area contributed by atoms with Crippen LogP contribution >= 0.6 is 0 Å². The minimum absolute atomic E-state index is 0.0632. The first-order valence-electron chi connectivity index (χ1n) is 16.5. The Morgan fingerprint density at radius 2 is 1.60 bits per heavy atom. The van der Waals surface area contributed by atoms with E-state index in [0.717, 1.165) is 30.4 Å². The number of amides is 2. The number of hydrazine groups is 1. The van der Waals surface area contributed by atoms with Crippen molar-refractivity contribution in [2.45, 2.75) is 96.3 Å². The molecule has 2 amide bonds. The molecular formula is C35H54N4O7S. The molecule has 1 saturated carbocycles. The Hall–Kier alpha value is -3.16. The van der Waals surface area contributed by atoms with Crippen molar-refractivity contribution in [3.63, 3.8) is 0 Å². The van der Waals surface area contributed by atoms with Crippen molar-refractivity contribution < 1.29 is 32.6 Å². The Balaban J connectivity index is 0.000000587. The van der Waals surface area contributed by atoms with Crippen LogP contribution in [0.1, 0.15) is 89.2 Å². The molecule has 262 valence electrons. The van der Waals surface area contributed by atoms with Crippen molar-refractivity contribution in [1.82, 2.24) is 10.9 Å². The smallest absolute Gasteiger partial charge is 0.294 e. The summed E-state index contributed by atoms with van der Waals surface area (Å²) in [6.07, 6.45) is 8.38. The van der Waals surface area contributed by atoms with Crippen LogP contribution in [0.3, 0.4) is 0 Å². The molecule has 0 heterocycles. The number of nitrogens with two attached hydrogens (primary N) is 2. The molecule has 1 unspecified atom stereocenters. The summed E-state index contributed by atoms with van der Waals surface area (Å²) in [7, 11) is -4.02. The Bertz CT molecular complexity index is 1360. The summed E-state index contributed by atoms with van der Waals surface area (Å²) >= 11 is 0. The van der Waals surface area contributed by atoms with Gasteiger partial charge in [0.25, 0.3) is 10.1 Å². The van der Waals surface area contributed by atoms with Gasteiger partial charge in [-0.2, -0.15) is 8.42 Å². The largest absolute Gasteiger partial charge is 0.330 e. The number of carbonyl (C=O) groups is 3. The van der Waals surface area contributed by atoms with Gasteiger partial charge in [-0.05, 0) is 75.1 Å². The molecule has 12 heteroatoms. The molecule has 3 atom stereocenters. The number of ketones is 1. The molecule has 3 rings (SSSR count). The van der Waals surface area contributed by atoms with Gasteiger partial charge in [-0.1, -0.05) is 94.0 Å². The van der Waals surface area contributed by atoms with Gasteiger partial charge in [-0.3, -0.25) is 29.6 Å². The average molecular weight is 675 g/mol. The van der Waals surface area contributed by atoms with Crippen LogP contribution < -0.4 is 22.5 Å². The number of Topliss-reactive ketones (excluding diaryl/α,β-unsaturated/α-hetero) is 1. The summed E-state index contributed by atoms with van der Waals surface area (Å²) in [4.78, 5) is 40.7. The number of rotatable bonds is 16. The zero-order valence-corrected chi connectivity index (χ0v) is 28.8. The number of aryl methyl sites for hydroxylation is 1. The summed E-state index contributed by atoms with van der Waals surface area (Å²) in [6.45, 7) is 6.11. The van der Waals surface area contributed by atoms with Crippen molar-refractivity contribution in [3.8, 4) is 0 Å². The first-order valence-corrected chi connectivity index (χ1v) is 18.0. The highest BCUT2D eigenvalue weighted by Crippen LogP contribution is 2.46. The summed E-state index contributed by atoms with van der Waals surface area (Å²) in [5.41, 5.74) is 10.5. The molecule has 0 aromatic heterocycles. The van der Waals surface area contributed by atoms with E-state index in [-0.39, 0.29) is 23.0 Å². The van der Waals surface area contributed by atoms with Crippen LogP contribution in [0.2, 0.25) is 0 Å². The van der Waals surface area contributed by atoms with Gasteiger partial charge in [-0.25, -0.2) is 11.3 Å². The minimum atomic E-state index is -4.02. The van der Waals surface area contributed by atoms with Crippen molar-refractivity contribution in [2.75, 3.05) is 6.54 Å². The van der Waals surface area contributed by atoms with E-state index in [2.05, 4.69) is 5.43 Å². The van der Waals surface area contributed by atoms with Crippen LogP contribution in [0.25, 0.3) is 0 Å². The second-order valence-electron chi connectivity index (χ2n) is 13.2. The van der Waals surface area contributed by atoms with Crippen molar-refractivity contribution in [2.24, 2.45) is 40.7 Å². The van der Waals surface area contributed by atoms with E-state index in [1.54, 1.807) is 17.6 Å². The Kier molecular flexibility index (Phi) is 16.7. The Labute approximate surface area is 279 Å². The summed E-state index contributed by atoms with van der Waals surface area (Å²) in [6, 6.07) is 15.6. The molecule has 0 saturated heterocycles. The number of hydrogen-bond acceptors (Lipinski definition) is 8. The topological polar surface area (TPSA) is 202 Å². The lowest BCUT2D eigenvalue weighted by molar-refractivity contribution is -0.154. The van der Waals surface area contributed by atoms with Crippen LogP contribution in [-0.2, 0) is 30.9 Å². The maximum Gasteiger partial charge on any atom is 0.294 e.